The Morgan fingerprint density at radius 1 is 1.56 bits per heavy atom. The van der Waals surface area contributed by atoms with Gasteiger partial charge < -0.3 is 5.11 Å². The fourth-order valence-corrected chi connectivity index (χ4v) is 2.09. The number of halogens is 1. The Morgan fingerprint density at radius 2 is 2.19 bits per heavy atom. The molecule has 0 spiro atoms. The SMILES string of the molecule is CC(O)C1(c2cccc([N+](=O)[O-])c2F)CC1. The molecule has 0 amide bonds. The van der Waals surface area contributed by atoms with Gasteiger partial charge in [0.1, 0.15) is 0 Å². The second kappa shape index (κ2) is 3.52. The van der Waals surface area contributed by atoms with Gasteiger partial charge in [0.25, 0.3) is 0 Å². The van der Waals surface area contributed by atoms with Crippen LogP contribution >= 0.6 is 0 Å². The molecule has 1 N–H and O–H groups in total. The average Bonchev–Trinajstić information content (AvgIpc) is 2.98. The molecule has 0 radical (unpaired) electrons. The van der Waals surface area contributed by atoms with Crippen LogP contribution in [-0.4, -0.2) is 16.1 Å². The molecule has 5 heteroatoms. The number of nitro benzene ring substituents is 1. The molecule has 2 rings (SSSR count). The van der Waals surface area contributed by atoms with E-state index >= 15 is 0 Å². The van der Waals surface area contributed by atoms with E-state index in [-0.39, 0.29) is 5.56 Å². The number of benzene rings is 1. The summed E-state index contributed by atoms with van der Waals surface area (Å²) in [5, 5.41) is 20.2. The molecule has 0 heterocycles. The van der Waals surface area contributed by atoms with Crippen molar-refractivity contribution in [2.24, 2.45) is 0 Å². The molecule has 1 aromatic carbocycles. The maximum absolute atomic E-state index is 13.9. The Bertz CT molecular complexity index is 441. The second-order valence-electron chi connectivity index (χ2n) is 4.23. The van der Waals surface area contributed by atoms with Crippen LogP contribution in [0, 0.1) is 15.9 Å². The van der Waals surface area contributed by atoms with E-state index < -0.39 is 27.9 Å². The minimum absolute atomic E-state index is 0.261. The van der Waals surface area contributed by atoms with E-state index in [9.17, 15) is 19.6 Å². The zero-order valence-corrected chi connectivity index (χ0v) is 8.81. The van der Waals surface area contributed by atoms with E-state index in [1.54, 1.807) is 6.92 Å². The van der Waals surface area contributed by atoms with Crippen molar-refractivity contribution in [2.45, 2.75) is 31.3 Å². The summed E-state index contributed by atoms with van der Waals surface area (Å²) < 4.78 is 13.9. The highest BCUT2D eigenvalue weighted by Gasteiger charge is 2.50. The van der Waals surface area contributed by atoms with E-state index in [0.29, 0.717) is 12.8 Å². The van der Waals surface area contributed by atoms with Gasteiger partial charge in [-0.25, -0.2) is 0 Å². The van der Waals surface area contributed by atoms with Gasteiger partial charge >= 0.3 is 5.69 Å². The minimum Gasteiger partial charge on any atom is -0.392 e. The van der Waals surface area contributed by atoms with Crippen LogP contribution in [0.15, 0.2) is 18.2 Å². The monoisotopic (exact) mass is 225 g/mol. The molecule has 0 aliphatic heterocycles. The van der Waals surface area contributed by atoms with Crippen LogP contribution in [0.1, 0.15) is 25.3 Å². The first-order chi connectivity index (χ1) is 7.49. The lowest BCUT2D eigenvalue weighted by Crippen LogP contribution is -2.24. The molecule has 1 aromatic rings. The van der Waals surface area contributed by atoms with Gasteiger partial charge in [-0.3, -0.25) is 10.1 Å². The molecule has 1 unspecified atom stereocenters. The van der Waals surface area contributed by atoms with E-state index in [1.165, 1.54) is 12.1 Å². The van der Waals surface area contributed by atoms with Gasteiger partial charge in [0.2, 0.25) is 5.82 Å². The van der Waals surface area contributed by atoms with Crippen molar-refractivity contribution in [1.82, 2.24) is 0 Å². The first-order valence-electron chi connectivity index (χ1n) is 5.10. The second-order valence-corrected chi connectivity index (χ2v) is 4.23. The van der Waals surface area contributed by atoms with Crippen LogP contribution in [0.2, 0.25) is 0 Å². The summed E-state index contributed by atoms with van der Waals surface area (Å²) in [5.41, 5.74) is -0.878. The fraction of sp³-hybridized carbons (Fsp3) is 0.455. The maximum atomic E-state index is 13.9. The standard InChI is InChI=1S/C11H12FNO3/c1-7(14)11(5-6-11)8-3-2-4-9(10(8)12)13(15)16/h2-4,7,14H,5-6H2,1H3. The summed E-state index contributed by atoms with van der Waals surface area (Å²) in [6.45, 7) is 1.59. The summed E-state index contributed by atoms with van der Waals surface area (Å²) in [4.78, 5) is 9.86. The zero-order valence-electron chi connectivity index (χ0n) is 8.81. The third-order valence-corrected chi connectivity index (χ3v) is 3.30. The average molecular weight is 225 g/mol. The smallest absolute Gasteiger partial charge is 0.305 e. The molecular weight excluding hydrogens is 213 g/mol. The third kappa shape index (κ3) is 1.48. The quantitative estimate of drug-likeness (QED) is 0.633. The van der Waals surface area contributed by atoms with E-state index in [4.69, 9.17) is 0 Å². The van der Waals surface area contributed by atoms with Crippen LogP contribution in [0.25, 0.3) is 0 Å². The highest BCUT2D eigenvalue weighted by atomic mass is 19.1. The Kier molecular flexibility index (Phi) is 2.42. The number of aliphatic hydroxyl groups excluding tert-OH is 1. The highest BCUT2D eigenvalue weighted by Crippen LogP contribution is 2.52. The van der Waals surface area contributed by atoms with Crippen LogP contribution in [-0.2, 0) is 5.41 Å². The molecule has 0 saturated heterocycles. The maximum Gasteiger partial charge on any atom is 0.305 e. The van der Waals surface area contributed by atoms with E-state index in [2.05, 4.69) is 0 Å². The van der Waals surface area contributed by atoms with Crippen molar-refractivity contribution in [3.05, 3.63) is 39.7 Å². The molecule has 16 heavy (non-hydrogen) atoms. The number of nitro groups is 1. The molecule has 86 valence electrons. The number of hydrogen-bond acceptors (Lipinski definition) is 3. The first kappa shape index (κ1) is 11.0. The minimum atomic E-state index is -0.814. The molecule has 1 aliphatic carbocycles. The number of aliphatic hydroxyl groups is 1. The Balaban J connectivity index is 2.51. The van der Waals surface area contributed by atoms with Crippen LogP contribution in [0.3, 0.4) is 0 Å². The van der Waals surface area contributed by atoms with Gasteiger partial charge in [-0.15, -0.1) is 0 Å². The Morgan fingerprint density at radius 3 is 2.62 bits per heavy atom. The normalized spacial score (nSPS) is 19.2. The van der Waals surface area contributed by atoms with Gasteiger partial charge in [0.15, 0.2) is 0 Å². The van der Waals surface area contributed by atoms with Gasteiger partial charge in [-0.05, 0) is 19.8 Å². The fourth-order valence-electron chi connectivity index (χ4n) is 2.09. The van der Waals surface area contributed by atoms with E-state index in [1.807, 2.05) is 0 Å². The molecule has 1 atom stereocenters. The molecule has 1 saturated carbocycles. The third-order valence-electron chi connectivity index (χ3n) is 3.30. The molecular formula is C11H12FNO3. The molecule has 1 aliphatic rings. The van der Waals surface area contributed by atoms with Crippen LogP contribution in [0.5, 0.6) is 0 Å². The molecule has 0 aromatic heterocycles. The van der Waals surface area contributed by atoms with E-state index in [0.717, 1.165) is 6.07 Å². The summed E-state index contributed by atoms with van der Waals surface area (Å²) >= 11 is 0. The van der Waals surface area contributed by atoms with Crippen LogP contribution in [0.4, 0.5) is 10.1 Å². The summed E-state index contributed by atoms with van der Waals surface area (Å²) in [5.74, 6) is -0.814. The Hall–Kier alpha value is -1.49. The van der Waals surface area contributed by atoms with Gasteiger partial charge in [-0.1, -0.05) is 12.1 Å². The number of rotatable bonds is 3. The summed E-state index contributed by atoms with van der Waals surface area (Å²) in [6.07, 6.45) is 0.648. The van der Waals surface area contributed by atoms with Crippen molar-refractivity contribution < 1.29 is 14.4 Å². The summed E-state index contributed by atoms with van der Waals surface area (Å²) in [7, 11) is 0. The lowest BCUT2D eigenvalue weighted by atomic mass is 9.90. The number of nitrogens with zero attached hydrogens (tertiary/aromatic N) is 1. The van der Waals surface area contributed by atoms with Gasteiger partial charge in [0, 0.05) is 17.0 Å². The lowest BCUT2D eigenvalue weighted by molar-refractivity contribution is -0.387. The first-order valence-corrected chi connectivity index (χ1v) is 5.10. The van der Waals surface area contributed by atoms with Gasteiger partial charge in [0.05, 0.1) is 11.0 Å². The highest BCUT2D eigenvalue weighted by molar-refractivity contribution is 5.43. The number of hydrogen-bond donors (Lipinski definition) is 1. The molecule has 4 nitrogen and oxygen atoms in total. The molecule has 1 fully saturated rings. The summed E-state index contributed by atoms with van der Waals surface area (Å²) in [6, 6.07) is 4.11. The largest absolute Gasteiger partial charge is 0.392 e. The van der Waals surface area contributed by atoms with Gasteiger partial charge in [-0.2, -0.15) is 4.39 Å². The molecule has 0 bridgehead atoms. The lowest BCUT2D eigenvalue weighted by Gasteiger charge is -2.19. The van der Waals surface area contributed by atoms with Crippen molar-refractivity contribution in [3.63, 3.8) is 0 Å². The van der Waals surface area contributed by atoms with Crippen molar-refractivity contribution in [3.8, 4) is 0 Å². The van der Waals surface area contributed by atoms with Crippen molar-refractivity contribution in [1.29, 1.82) is 0 Å². The topological polar surface area (TPSA) is 63.4 Å². The zero-order chi connectivity index (χ0) is 11.9. The predicted octanol–water partition coefficient (Wildman–Crippen LogP) is 2.15. The van der Waals surface area contributed by atoms with Crippen LogP contribution < -0.4 is 0 Å². The van der Waals surface area contributed by atoms with Crippen molar-refractivity contribution in [2.75, 3.05) is 0 Å². The van der Waals surface area contributed by atoms with Crippen molar-refractivity contribution >= 4 is 5.69 Å². The predicted molar refractivity (Wildman–Crippen MR) is 55.6 cm³/mol. The Labute approximate surface area is 91.9 Å².